The molecule has 0 aliphatic carbocycles. The zero-order valence-electron chi connectivity index (χ0n) is 20.8. The Morgan fingerprint density at radius 1 is 0.553 bits per heavy atom. The molecule has 5 aromatic heterocycles. The van der Waals surface area contributed by atoms with Crippen LogP contribution in [0.2, 0.25) is 0 Å². The van der Waals surface area contributed by atoms with Crippen molar-refractivity contribution in [2.24, 2.45) is 0 Å². The smallest absolute Gasteiger partial charge is 0.267 e. The number of fused-ring (bicyclic) bond motifs is 1. The molecule has 0 spiro atoms. The molecule has 0 aliphatic rings. The number of hydrogen-bond acceptors (Lipinski definition) is 6. The first-order valence-corrected chi connectivity index (χ1v) is 16.0. The van der Waals surface area contributed by atoms with E-state index in [1.54, 1.807) is 23.5 Å². The van der Waals surface area contributed by atoms with Gasteiger partial charge in [-0.15, -0.1) is 45.3 Å². The van der Waals surface area contributed by atoms with E-state index in [4.69, 9.17) is 0 Å². The van der Waals surface area contributed by atoms with Crippen LogP contribution in [0.15, 0.2) is 76.3 Å². The van der Waals surface area contributed by atoms with Crippen LogP contribution in [0.25, 0.3) is 50.5 Å². The van der Waals surface area contributed by atoms with E-state index in [0.717, 1.165) is 10.4 Å². The Labute approximate surface area is 236 Å². The van der Waals surface area contributed by atoms with Gasteiger partial charge in [-0.1, -0.05) is 32.3 Å². The third-order valence-corrected chi connectivity index (χ3v) is 11.6. The number of aromatic amines is 2. The number of H-pyrrole nitrogens is 2. The molecule has 38 heavy (non-hydrogen) atoms. The van der Waals surface area contributed by atoms with Crippen LogP contribution >= 0.6 is 45.3 Å². The van der Waals surface area contributed by atoms with E-state index in [2.05, 4.69) is 65.7 Å². The van der Waals surface area contributed by atoms with Crippen molar-refractivity contribution < 1.29 is 0 Å². The third-order valence-electron chi connectivity index (χ3n) is 6.57. The van der Waals surface area contributed by atoms with Crippen LogP contribution in [-0.2, 0) is 6.42 Å². The predicted molar refractivity (Wildman–Crippen MR) is 166 cm³/mol. The molecule has 1 aromatic carbocycles. The van der Waals surface area contributed by atoms with Gasteiger partial charge >= 0.3 is 0 Å². The predicted octanol–water partition coefficient (Wildman–Crippen LogP) is 9.25. The summed E-state index contributed by atoms with van der Waals surface area (Å²) in [7, 11) is 0. The maximum atomic E-state index is 12.2. The van der Waals surface area contributed by atoms with E-state index in [1.807, 2.05) is 40.1 Å². The summed E-state index contributed by atoms with van der Waals surface area (Å²) in [6, 6.07) is 23.1. The molecule has 0 radical (unpaired) electrons. The first-order valence-electron chi connectivity index (χ1n) is 12.7. The van der Waals surface area contributed by atoms with Crippen molar-refractivity contribution >= 4 is 56.1 Å². The normalized spacial score (nSPS) is 11.5. The molecule has 192 valence electrons. The summed E-state index contributed by atoms with van der Waals surface area (Å²) in [5, 5.41) is 5.59. The highest BCUT2D eigenvalue weighted by Crippen LogP contribution is 2.44. The average Bonchev–Trinajstić information content (AvgIpc) is 3.74. The Morgan fingerprint density at radius 2 is 1.08 bits per heavy atom. The molecule has 0 atom stereocenters. The zero-order chi connectivity index (χ0) is 26.1. The lowest BCUT2D eigenvalue weighted by atomic mass is 10.1. The zero-order valence-corrected chi connectivity index (χ0v) is 24.1. The molecule has 0 unspecified atom stereocenters. The van der Waals surface area contributed by atoms with Crippen molar-refractivity contribution in [2.75, 3.05) is 0 Å². The second-order valence-corrected chi connectivity index (χ2v) is 13.7. The highest BCUT2D eigenvalue weighted by Gasteiger charge is 2.13. The Kier molecular flexibility index (Phi) is 7.30. The van der Waals surface area contributed by atoms with Crippen molar-refractivity contribution in [1.82, 2.24) is 10.2 Å². The molecule has 6 rings (SSSR count). The Hall–Kier alpha value is -3.04. The lowest BCUT2D eigenvalue weighted by molar-refractivity contribution is 0.670. The monoisotopic (exact) mass is 574 g/mol. The summed E-state index contributed by atoms with van der Waals surface area (Å²) in [4.78, 5) is 34.5. The fourth-order valence-corrected chi connectivity index (χ4v) is 8.87. The first-order chi connectivity index (χ1) is 18.6. The molecular formula is C30H26N2O2S4. The van der Waals surface area contributed by atoms with E-state index in [9.17, 15) is 9.59 Å². The summed E-state index contributed by atoms with van der Waals surface area (Å²) in [6.45, 7) is 2.26. The first kappa shape index (κ1) is 25.2. The van der Waals surface area contributed by atoms with Crippen LogP contribution in [0.3, 0.4) is 0 Å². The highest BCUT2D eigenvalue weighted by molar-refractivity contribution is 7.29. The van der Waals surface area contributed by atoms with Gasteiger partial charge in [-0.3, -0.25) is 19.8 Å². The van der Waals surface area contributed by atoms with Crippen molar-refractivity contribution in [3.05, 3.63) is 92.3 Å². The van der Waals surface area contributed by atoms with E-state index in [0.29, 0.717) is 10.8 Å². The van der Waals surface area contributed by atoms with E-state index in [-0.39, 0.29) is 11.1 Å². The van der Waals surface area contributed by atoms with Gasteiger partial charge in [-0.25, -0.2) is 0 Å². The van der Waals surface area contributed by atoms with Crippen LogP contribution < -0.4 is 11.1 Å². The summed E-state index contributed by atoms with van der Waals surface area (Å²) in [5.74, 6) is 0. The van der Waals surface area contributed by atoms with Crippen molar-refractivity contribution in [1.29, 1.82) is 0 Å². The number of unbranched alkanes of at least 4 members (excludes halogenated alkanes) is 3. The SMILES string of the molecule is CCCCCCc1ccc(-c2ccc(-c3ccc(-c4ccc(-c5ccc6c(=O)[nH][nH]c(=O)c6c5)s4)s3)s2)s1. The number of aryl methyl sites for hydroxylation is 1. The largest absolute Gasteiger partial charge is 0.270 e. The molecule has 0 aliphatic heterocycles. The van der Waals surface area contributed by atoms with Gasteiger partial charge in [-0.05, 0) is 79.1 Å². The van der Waals surface area contributed by atoms with Gasteiger partial charge in [0.15, 0.2) is 0 Å². The molecule has 5 heterocycles. The summed E-state index contributed by atoms with van der Waals surface area (Å²) in [6.07, 6.45) is 6.40. The minimum Gasteiger partial charge on any atom is -0.267 e. The van der Waals surface area contributed by atoms with Crippen LogP contribution in [0, 0.1) is 0 Å². The van der Waals surface area contributed by atoms with Gasteiger partial charge in [0.2, 0.25) is 0 Å². The second-order valence-electron chi connectivity index (χ2n) is 9.24. The lowest BCUT2D eigenvalue weighted by Crippen LogP contribution is -2.18. The van der Waals surface area contributed by atoms with Gasteiger partial charge in [0, 0.05) is 39.0 Å². The van der Waals surface area contributed by atoms with Crippen LogP contribution in [-0.4, -0.2) is 10.2 Å². The van der Waals surface area contributed by atoms with Crippen molar-refractivity contribution in [3.8, 4) is 39.7 Å². The van der Waals surface area contributed by atoms with E-state index < -0.39 is 0 Å². The van der Waals surface area contributed by atoms with Crippen LogP contribution in [0.4, 0.5) is 0 Å². The van der Waals surface area contributed by atoms with Crippen LogP contribution in [0.1, 0.15) is 37.5 Å². The summed E-state index contributed by atoms with van der Waals surface area (Å²) >= 11 is 7.30. The molecule has 0 saturated carbocycles. The summed E-state index contributed by atoms with van der Waals surface area (Å²) in [5.41, 5.74) is 0.357. The minimum atomic E-state index is -0.290. The standard InChI is InChI=1S/C30H26N2O2S4/c1-2-3-4-5-6-19-8-10-23(35-19)24-13-14-27(37-24)28-16-15-26(38-28)25-12-11-22(36-25)18-7-9-20-21(17-18)30(34)32-31-29(20)33/h7-17H,2-6H2,1H3,(H,31,33)(H,32,34). The number of hydrogen-bond donors (Lipinski definition) is 2. The highest BCUT2D eigenvalue weighted by atomic mass is 32.1. The molecule has 2 N–H and O–H groups in total. The maximum Gasteiger partial charge on any atom is 0.270 e. The van der Waals surface area contributed by atoms with Crippen molar-refractivity contribution in [3.63, 3.8) is 0 Å². The Morgan fingerprint density at radius 3 is 1.71 bits per heavy atom. The number of aromatic nitrogens is 2. The Balaban J connectivity index is 1.19. The second kappa shape index (κ2) is 11.0. The molecular weight excluding hydrogens is 549 g/mol. The molecule has 6 aromatic rings. The van der Waals surface area contributed by atoms with Gasteiger partial charge in [0.1, 0.15) is 0 Å². The fraction of sp³-hybridized carbons (Fsp3) is 0.200. The maximum absolute atomic E-state index is 12.2. The molecule has 8 heteroatoms. The lowest BCUT2D eigenvalue weighted by Gasteiger charge is -2.00. The number of thiophene rings is 4. The average molecular weight is 575 g/mol. The number of rotatable bonds is 9. The van der Waals surface area contributed by atoms with Crippen LogP contribution in [0.5, 0.6) is 0 Å². The van der Waals surface area contributed by atoms with E-state index in [1.165, 1.54) is 66.2 Å². The molecule has 0 fully saturated rings. The molecule has 0 bridgehead atoms. The summed E-state index contributed by atoms with van der Waals surface area (Å²) < 4.78 is 0. The molecule has 4 nitrogen and oxygen atoms in total. The Bertz CT molecular complexity index is 1830. The van der Waals surface area contributed by atoms with Gasteiger partial charge in [0.25, 0.3) is 11.1 Å². The quantitative estimate of drug-likeness (QED) is 0.169. The van der Waals surface area contributed by atoms with E-state index >= 15 is 0 Å². The van der Waals surface area contributed by atoms with Gasteiger partial charge in [0.05, 0.1) is 10.8 Å². The number of benzene rings is 1. The topological polar surface area (TPSA) is 65.7 Å². The fourth-order valence-electron chi connectivity index (χ4n) is 4.53. The minimum absolute atomic E-state index is 0.289. The van der Waals surface area contributed by atoms with Gasteiger partial charge < -0.3 is 0 Å². The van der Waals surface area contributed by atoms with Crippen molar-refractivity contribution in [2.45, 2.75) is 39.0 Å². The van der Waals surface area contributed by atoms with Gasteiger partial charge in [-0.2, -0.15) is 0 Å². The molecule has 0 saturated heterocycles. The molecule has 0 amide bonds. The number of nitrogens with one attached hydrogen (secondary N) is 2. The third kappa shape index (κ3) is 5.14.